The van der Waals surface area contributed by atoms with Crippen LogP contribution in [0.4, 0.5) is 0 Å². The lowest BCUT2D eigenvalue weighted by molar-refractivity contribution is -0.123. The number of nitrogens with zero attached hydrogens (tertiary/aromatic N) is 2. The van der Waals surface area contributed by atoms with Crippen LogP contribution in [0.25, 0.3) is 0 Å². The van der Waals surface area contributed by atoms with Crippen molar-refractivity contribution in [2.24, 2.45) is 5.73 Å². The molecule has 1 unspecified atom stereocenters. The van der Waals surface area contributed by atoms with Crippen LogP contribution < -0.4 is 11.1 Å². The number of nitrogens with two attached hydrogens (primary N) is 1. The second kappa shape index (κ2) is 10.4. The van der Waals surface area contributed by atoms with Crippen molar-refractivity contribution in [1.29, 1.82) is 0 Å². The summed E-state index contributed by atoms with van der Waals surface area (Å²) < 4.78 is 0. The lowest BCUT2D eigenvalue weighted by Gasteiger charge is -2.34. The Morgan fingerprint density at radius 3 is 2.46 bits per heavy atom. The van der Waals surface area contributed by atoms with Crippen molar-refractivity contribution in [3.8, 4) is 0 Å². The Kier molecular flexibility index (Phi) is 8.22. The summed E-state index contributed by atoms with van der Waals surface area (Å²) in [5.41, 5.74) is 7.10. The highest BCUT2D eigenvalue weighted by atomic mass is 16.2. The molecule has 2 rings (SSSR count). The zero-order valence-corrected chi connectivity index (χ0v) is 14.9. The standard InChI is InChI=1S/C19H32N4O/c1-2-3-9-18(14-20)21-19(24)16-23-12-10-22(11-13-23)15-17-7-5-4-6-8-17/h4-8,18H,2-3,9-16,20H2,1H3,(H,21,24). The normalized spacial score (nSPS) is 17.6. The van der Waals surface area contributed by atoms with Gasteiger partial charge in [0.15, 0.2) is 0 Å². The van der Waals surface area contributed by atoms with E-state index >= 15 is 0 Å². The van der Waals surface area contributed by atoms with Crippen molar-refractivity contribution in [3.05, 3.63) is 35.9 Å². The minimum atomic E-state index is 0.109. The Balaban J connectivity index is 1.67. The van der Waals surface area contributed by atoms with E-state index in [0.717, 1.165) is 52.0 Å². The first-order chi connectivity index (χ1) is 11.7. The highest BCUT2D eigenvalue weighted by Crippen LogP contribution is 2.08. The van der Waals surface area contributed by atoms with Gasteiger partial charge in [-0.25, -0.2) is 0 Å². The quantitative estimate of drug-likeness (QED) is 0.718. The van der Waals surface area contributed by atoms with Gasteiger partial charge in [0.05, 0.1) is 6.54 Å². The molecule has 5 nitrogen and oxygen atoms in total. The Bertz CT molecular complexity index is 472. The molecular weight excluding hydrogens is 300 g/mol. The zero-order valence-electron chi connectivity index (χ0n) is 14.9. The molecule has 0 radical (unpaired) electrons. The lowest BCUT2D eigenvalue weighted by atomic mass is 10.1. The number of hydrogen-bond donors (Lipinski definition) is 2. The molecule has 1 atom stereocenters. The highest BCUT2D eigenvalue weighted by molar-refractivity contribution is 5.78. The largest absolute Gasteiger partial charge is 0.351 e. The van der Waals surface area contributed by atoms with E-state index in [1.165, 1.54) is 5.56 Å². The van der Waals surface area contributed by atoms with Gasteiger partial charge in [0.2, 0.25) is 5.91 Å². The summed E-state index contributed by atoms with van der Waals surface area (Å²) in [5.74, 6) is 0.109. The molecule has 0 spiro atoms. The topological polar surface area (TPSA) is 61.6 Å². The van der Waals surface area contributed by atoms with Crippen molar-refractivity contribution in [2.45, 2.75) is 38.8 Å². The smallest absolute Gasteiger partial charge is 0.234 e. The Morgan fingerprint density at radius 2 is 1.83 bits per heavy atom. The average Bonchev–Trinajstić information content (AvgIpc) is 2.61. The molecule has 1 fully saturated rings. The molecule has 0 bridgehead atoms. The van der Waals surface area contributed by atoms with Crippen LogP contribution in [0.2, 0.25) is 0 Å². The summed E-state index contributed by atoms with van der Waals surface area (Å²) in [6.07, 6.45) is 3.22. The van der Waals surface area contributed by atoms with Gasteiger partial charge in [-0.05, 0) is 12.0 Å². The summed E-state index contributed by atoms with van der Waals surface area (Å²) in [6.45, 7) is 8.08. The van der Waals surface area contributed by atoms with Crippen molar-refractivity contribution in [2.75, 3.05) is 39.3 Å². The van der Waals surface area contributed by atoms with Gasteiger partial charge in [0, 0.05) is 45.3 Å². The second-order valence-corrected chi connectivity index (χ2v) is 6.68. The summed E-state index contributed by atoms with van der Waals surface area (Å²) in [4.78, 5) is 16.9. The number of rotatable bonds is 9. The van der Waals surface area contributed by atoms with Crippen LogP contribution in [0.5, 0.6) is 0 Å². The van der Waals surface area contributed by atoms with Crippen LogP contribution >= 0.6 is 0 Å². The summed E-state index contributed by atoms with van der Waals surface area (Å²) in [5, 5.41) is 3.08. The Morgan fingerprint density at radius 1 is 1.17 bits per heavy atom. The third kappa shape index (κ3) is 6.59. The van der Waals surface area contributed by atoms with E-state index in [0.29, 0.717) is 13.1 Å². The fourth-order valence-electron chi connectivity index (χ4n) is 3.12. The van der Waals surface area contributed by atoms with Gasteiger partial charge in [0.25, 0.3) is 0 Å². The molecule has 0 saturated carbocycles. The molecule has 134 valence electrons. The molecule has 1 saturated heterocycles. The van der Waals surface area contributed by atoms with E-state index in [2.05, 4.69) is 52.4 Å². The van der Waals surface area contributed by atoms with Crippen LogP contribution in [-0.4, -0.2) is 61.0 Å². The molecule has 0 aliphatic carbocycles. The molecule has 1 aliphatic heterocycles. The monoisotopic (exact) mass is 332 g/mol. The van der Waals surface area contributed by atoms with Gasteiger partial charge in [-0.3, -0.25) is 14.6 Å². The van der Waals surface area contributed by atoms with Crippen molar-refractivity contribution >= 4 is 5.91 Å². The van der Waals surface area contributed by atoms with Gasteiger partial charge in [-0.1, -0.05) is 50.1 Å². The molecule has 3 N–H and O–H groups in total. The Hall–Kier alpha value is -1.43. The van der Waals surface area contributed by atoms with Crippen LogP contribution in [0, 0.1) is 0 Å². The number of carbonyl (C=O) groups excluding carboxylic acids is 1. The first kappa shape index (κ1) is 18.9. The maximum absolute atomic E-state index is 12.2. The van der Waals surface area contributed by atoms with E-state index < -0.39 is 0 Å². The summed E-state index contributed by atoms with van der Waals surface area (Å²) in [7, 11) is 0. The van der Waals surface area contributed by atoms with E-state index in [1.54, 1.807) is 0 Å². The molecule has 1 amide bonds. The molecule has 0 aromatic heterocycles. The van der Waals surface area contributed by atoms with Gasteiger partial charge in [-0.2, -0.15) is 0 Å². The molecule has 1 aromatic carbocycles. The minimum absolute atomic E-state index is 0.109. The maximum Gasteiger partial charge on any atom is 0.234 e. The number of unbranched alkanes of at least 4 members (excludes halogenated alkanes) is 1. The first-order valence-electron chi connectivity index (χ1n) is 9.19. The van der Waals surface area contributed by atoms with Crippen LogP contribution in [-0.2, 0) is 11.3 Å². The predicted octanol–water partition coefficient (Wildman–Crippen LogP) is 1.44. The number of carbonyl (C=O) groups is 1. The van der Waals surface area contributed by atoms with Gasteiger partial charge < -0.3 is 11.1 Å². The average molecular weight is 332 g/mol. The zero-order chi connectivity index (χ0) is 17.2. The fraction of sp³-hybridized carbons (Fsp3) is 0.632. The lowest BCUT2D eigenvalue weighted by Crippen LogP contribution is -2.51. The Labute approximate surface area is 146 Å². The first-order valence-corrected chi connectivity index (χ1v) is 9.19. The molecule has 1 heterocycles. The van der Waals surface area contributed by atoms with Gasteiger partial charge >= 0.3 is 0 Å². The van der Waals surface area contributed by atoms with Crippen LogP contribution in [0.15, 0.2) is 30.3 Å². The minimum Gasteiger partial charge on any atom is -0.351 e. The maximum atomic E-state index is 12.2. The third-order valence-corrected chi connectivity index (χ3v) is 4.64. The predicted molar refractivity (Wildman–Crippen MR) is 98.7 cm³/mol. The summed E-state index contributed by atoms with van der Waals surface area (Å²) >= 11 is 0. The SMILES string of the molecule is CCCCC(CN)NC(=O)CN1CCN(Cc2ccccc2)CC1. The third-order valence-electron chi connectivity index (χ3n) is 4.64. The molecule has 5 heteroatoms. The van der Waals surface area contributed by atoms with Crippen molar-refractivity contribution in [3.63, 3.8) is 0 Å². The highest BCUT2D eigenvalue weighted by Gasteiger charge is 2.20. The summed E-state index contributed by atoms with van der Waals surface area (Å²) in [6, 6.07) is 10.7. The van der Waals surface area contributed by atoms with E-state index in [-0.39, 0.29) is 11.9 Å². The molecular formula is C19H32N4O. The van der Waals surface area contributed by atoms with E-state index in [1.807, 2.05) is 0 Å². The number of nitrogens with one attached hydrogen (secondary N) is 1. The fourth-order valence-corrected chi connectivity index (χ4v) is 3.12. The van der Waals surface area contributed by atoms with E-state index in [9.17, 15) is 4.79 Å². The molecule has 1 aliphatic rings. The molecule has 1 aromatic rings. The van der Waals surface area contributed by atoms with Gasteiger partial charge in [0.1, 0.15) is 0 Å². The number of amides is 1. The second-order valence-electron chi connectivity index (χ2n) is 6.68. The van der Waals surface area contributed by atoms with Crippen molar-refractivity contribution in [1.82, 2.24) is 15.1 Å². The van der Waals surface area contributed by atoms with Gasteiger partial charge in [-0.15, -0.1) is 0 Å². The number of hydrogen-bond acceptors (Lipinski definition) is 4. The molecule has 24 heavy (non-hydrogen) atoms. The van der Waals surface area contributed by atoms with E-state index in [4.69, 9.17) is 5.73 Å². The number of benzene rings is 1. The van der Waals surface area contributed by atoms with Crippen LogP contribution in [0.1, 0.15) is 31.7 Å². The number of piperazine rings is 1. The van der Waals surface area contributed by atoms with Crippen molar-refractivity contribution < 1.29 is 4.79 Å². The van der Waals surface area contributed by atoms with Crippen LogP contribution in [0.3, 0.4) is 0 Å².